The van der Waals surface area contributed by atoms with Crippen molar-refractivity contribution in [2.45, 2.75) is 52.0 Å². The van der Waals surface area contributed by atoms with Gasteiger partial charge in [-0.15, -0.1) is 0 Å². The molecule has 1 atom stereocenters. The standard InChI is InChI=1S/C19H27N3O3/c1-13-16(17(21-25-13)19(2,3)4)18(23)20-12-14(15-8-7-11-24-15)22-9-5-6-10-22/h7-8,11,14H,5-6,9-10,12H2,1-4H3,(H,20,23). The van der Waals surface area contributed by atoms with E-state index in [2.05, 4.69) is 15.4 Å². The summed E-state index contributed by atoms with van der Waals surface area (Å²) in [6.07, 6.45) is 4.05. The molecule has 0 saturated carbocycles. The van der Waals surface area contributed by atoms with E-state index in [1.807, 2.05) is 32.9 Å². The number of aromatic nitrogens is 1. The minimum absolute atomic E-state index is 0.0553. The third-order valence-electron chi connectivity index (χ3n) is 4.71. The molecule has 0 spiro atoms. The van der Waals surface area contributed by atoms with Crippen molar-refractivity contribution in [3.8, 4) is 0 Å². The first kappa shape index (κ1) is 17.7. The fraction of sp³-hybridized carbons (Fsp3) is 0.579. The molecule has 2 aromatic heterocycles. The van der Waals surface area contributed by atoms with E-state index in [1.54, 1.807) is 13.2 Å². The van der Waals surface area contributed by atoms with Crippen LogP contribution >= 0.6 is 0 Å². The van der Waals surface area contributed by atoms with E-state index in [4.69, 9.17) is 8.94 Å². The zero-order chi connectivity index (χ0) is 18.0. The number of furan rings is 1. The van der Waals surface area contributed by atoms with Crippen LogP contribution < -0.4 is 5.32 Å². The van der Waals surface area contributed by atoms with Crippen LogP contribution in [0.5, 0.6) is 0 Å². The van der Waals surface area contributed by atoms with Gasteiger partial charge in [0.2, 0.25) is 0 Å². The molecule has 1 aliphatic heterocycles. The third-order valence-corrected chi connectivity index (χ3v) is 4.71. The number of rotatable bonds is 5. The molecule has 136 valence electrons. The van der Waals surface area contributed by atoms with Gasteiger partial charge in [0.15, 0.2) is 0 Å². The van der Waals surface area contributed by atoms with Crippen LogP contribution in [0, 0.1) is 6.92 Å². The largest absolute Gasteiger partial charge is 0.468 e. The summed E-state index contributed by atoms with van der Waals surface area (Å²) in [6, 6.07) is 3.92. The lowest BCUT2D eigenvalue weighted by Crippen LogP contribution is -2.37. The molecule has 1 N–H and O–H groups in total. The van der Waals surface area contributed by atoms with Crippen molar-refractivity contribution in [1.29, 1.82) is 0 Å². The number of hydrogen-bond acceptors (Lipinski definition) is 5. The number of aryl methyl sites for hydroxylation is 1. The Morgan fingerprint density at radius 1 is 1.36 bits per heavy atom. The van der Waals surface area contributed by atoms with Gasteiger partial charge in [-0.05, 0) is 45.0 Å². The molecule has 0 bridgehead atoms. The summed E-state index contributed by atoms with van der Waals surface area (Å²) < 4.78 is 10.9. The van der Waals surface area contributed by atoms with Gasteiger partial charge >= 0.3 is 0 Å². The van der Waals surface area contributed by atoms with Gasteiger partial charge in [0.25, 0.3) is 5.91 Å². The molecule has 1 fully saturated rings. The summed E-state index contributed by atoms with van der Waals surface area (Å²) in [4.78, 5) is 15.2. The van der Waals surface area contributed by atoms with E-state index < -0.39 is 0 Å². The Morgan fingerprint density at radius 2 is 2.08 bits per heavy atom. The van der Waals surface area contributed by atoms with Crippen molar-refractivity contribution in [2.24, 2.45) is 0 Å². The fourth-order valence-corrected chi connectivity index (χ4v) is 3.37. The number of hydrogen-bond donors (Lipinski definition) is 1. The van der Waals surface area contributed by atoms with Crippen molar-refractivity contribution in [2.75, 3.05) is 19.6 Å². The van der Waals surface area contributed by atoms with E-state index in [1.165, 1.54) is 12.8 Å². The lowest BCUT2D eigenvalue weighted by molar-refractivity contribution is 0.0930. The minimum Gasteiger partial charge on any atom is -0.468 e. The summed E-state index contributed by atoms with van der Waals surface area (Å²) in [7, 11) is 0. The van der Waals surface area contributed by atoms with Gasteiger partial charge < -0.3 is 14.3 Å². The predicted octanol–water partition coefficient (Wildman–Crippen LogP) is 3.44. The fourth-order valence-electron chi connectivity index (χ4n) is 3.37. The minimum atomic E-state index is -0.250. The topological polar surface area (TPSA) is 71.5 Å². The molecule has 1 aliphatic rings. The molecule has 2 aromatic rings. The monoisotopic (exact) mass is 345 g/mol. The van der Waals surface area contributed by atoms with E-state index >= 15 is 0 Å². The van der Waals surface area contributed by atoms with Crippen LogP contribution in [0.15, 0.2) is 27.3 Å². The third kappa shape index (κ3) is 3.79. The quantitative estimate of drug-likeness (QED) is 0.899. The number of carbonyl (C=O) groups excluding carboxylic acids is 1. The molecule has 0 radical (unpaired) electrons. The molecule has 3 heterocycles. The van der Waals surface area contributed by atoms with Crippen LogP contribution in [-0.4, -0.2) is 35.6 Å². The Hall–Kier alpha value is -2.08. The first-order valence-electron chi connectivity index (χ1n) is 8.90. The smallest absolute Gasteiger partial charge is 0.256 e. The Labute approximate surface area is 148 Å². The highest BCUT2D eigenvalue weighted by Crippen LogP contribution is 2.28. The van der Waals surface area contributed by atoms with Gasteiger partial charge in [-0.1, -0.05) is 25.9 Å². The normalized spacial score (nSPS) is 17.0. The Balaban J connectivity index is 1.75. The molecule has 1 amide bonds. The number of nitrogens with zero attached hydrogens (tertiary/aromatic N) is 2. The lowest BCUT2D eigenvalue weighted by Gasteiger charge is -2.26. The molecule has 0 aromatic carbocycles. The molecule has 25 heavy (non-hydrogen) atoms. The zero-order valence-corrected chi connectivity index (χ0v) is 15.5. The van der Waals surface area contributed by atoms with Crippen molar-refractivity contribution in [3.05, 3.63) is 41.2 Å². The molecule has 0 aliphatic carbocycles. The Bertz CT molecular complexity index is 707. The second-order valence-electron chi connectivity index (χ2n) is 7.70. The molecular formula is C19H27N3O3. The lowest BCUT2D eigenvalue weighted by atomic mass is 9.88. The second-order valence-corrected chi connectivity index (χ2v) is 7.70. The predicted molar refractivity (Wildman–Crippen MR) is 94.5 cm³/mol. The van der Waals surface area contributed by atoms with Gasteiger partial charge in [0, 0.05) is 12.0 Å². The Kier molecular flexibility index (Phi) is 4.99. The van der Waals surface area contributed by atoms with Gasteiger partial charge in [-0.3, -0.25) is 9.69 Å². The van der Waals surface area contributed by atoms with Crippen LogP contribution in [0.1, 0.15) is 67.2 Å². The second kappa shape index (κ2) is 7.04. The highest BCUT2D eigenvalue weighted by Gasteiger charge is 2.30. The van der Waals surface area contributed by atoms with Crippen LogP contribution in [0.3, 0.4) is 0 Å². The van der Waals surface area contributed by atoms with E-state index in [9.17, 15) is 4.79 Å². The zero-order valence-electron chi connectivity index (χ0n) is 15.5. The van der Waals surface area contributed by atoms with E-state index in [0.717, 1.165) is 18.8 Å². The SMILES string of the molecule is Cc1onc(C(C)(C)C)c1C(=O)NCC(c1ccco1)N1CCCC1. The van der Waals surface area contributed by atoms with Crippen LogP contribution in [0.25, 0.3) is 0 Å². The molecular weight excluding hydrogens is 318 g/mol. The van der Waals surface area contributed by atoms with Gasteiger partial charge in [0.1, 0.15) is 22.8 Å². The van der Waals surface area contributed by atoms with Crippen LogP contribution in [-0.2, 0) is 5.41 Å². The van der Waals surface area contributed by atoms with Crippen molar-refractivity contribution >= 4 is 5.91 Å². The van der Waals surface area contributed by atoms with Crippen molar-refractivity contribution in [3.63, 3.8) is 0 Å². The maximum absolute atomic E-state index is 12.8. The maximum Gasteiger partial charge on any atom is 0.256 e. The molecule has 6 heteroatoms. The van der Waals surface area contributed by atoms with E-state index in [-0.39, 0.29) is 17.4 Å². The number of amides is 1. The van der Waals surface area contributed by atoms with E-state index in [0.29, 0.717) is 23.6 Å². The number of likely N-dealkylation sites (tertiary alicyclic amines) is 1. The highest BCUT2D eigenvalue weighted by molar-refractivity contribution is 5.96. The number of nitrogens with one attached hydrogen (secondary N) is 1. The van der Waals surface area contributed by atoms with Gasteiger partial charge in [-0.2, -0.15) is 0 Å². The summed E-state index contributed by atoms with van der Waals surface area (Å²) in [5, 5.41) is 7.16. The summed E-state index contributed by atoms with van der Waals surface area (Å²) in [5.41, 5.74) is 0.991. The van der Waals surface area contributed by atoms with Crippen LogP contribution in [0.4, 0.5) is 0 Å². The molecule has 1 saturated heterocycles. The molecule has 6 nitrogen and oxygen atoms in total. The van der Waals surface area contributed by atoms with Gasteiger partial charge in [0.05, 0.1) is 12.3 Å². The summed E-state index contributed by atoms with van der Waals surface area (Å²) in [6.45, 7) is 10.4. The summed E-state index contributed by atoms with van der Waals surface area (Å²) >= 11 is 0. The number of carbonyl (C=O) groups is 1. The maximum atomic E-state index is 12.8. The summed E-state index contributed by atoms with van der Waals surface area (Å²) in [5.74, 6) is 1.30. The molecule has 3 rings (SSSR count). The van der Waals surface area contributed by atoms with Crippen molar-refractivity contribution in [1.82, 2.24) is 15.4 Å². The first-order chi connectivity index (χ1) is 11.9. The molecule has 1 unspecified atom stereocenters. The average Bonchev–Trinajstić information content (AvgIpc) is 3.28. The van der Waals surface area contributed by atoms with Crippen molar-refractivity contribution < 1.29 is 13.7 Å². The highest BCUT2D eigenvalue weighted by atomic mass is 16.5. The first-order valence-corrected chi connectivity index (χ1v) is 8.90. The van der Waals surface area contributed by atoms with Gasteiger partial charge in [-0.25, -0.2) is 0 Å². The average molecular weight is 345 g/mol. The van der Waals surface area contributed by atoms with Crippen LogP contribution in [0.2, 0.25) is 0 Å². The Morgan fingerprint density at radius 3 is 2.68 bits per heavy atom.